The van der Waals surface area contributed by atoms with E-state index in [4.69, 9.17) is 17.1 Å². The van der Waals surface area contributed by atoms with Crippen LogP contribution in [0.5, 0.6) is 0 Å². The minimum atomic E-state index is -0.447. The van der Waals surface area contributed by atoms with E-state index in [1.165, 1.54) is 12.3 Å². The molecule has 2 aromatic rings. The summed E-state index contributed by atoms with van der Waals surface area (Å²) >= 11 is 5.76. The number of nitrogens with zero attached hydrogens (tertiary/aromatic N) is 4. The van der Waals surface area contributed by atoms with Crippen molar-refractivity contribution in [3.05, 3.63) is 51.2 Å². The zero-order chi connectivity index (χ0) is 11.5. The Balaban J connectivity index is 2.60. The highest BCUT2D eigenvalue weighted by Crippen LogP contribution is 2.21. The highest BCUT2D eigenvalue weighted by molar-refractivity contribution is 6.31. The van der Waals surface area contributed by atoms with Gasteiger partial charge in [0, 0.05) is 16.5 Å². The second-order valence-electron chi connectivity index (χ2n) is 3.19. The molecule has 0 saturated carbocycles. The van der Waals surface area contributed by atoms with E-state index >= 15 is 0 Å². The van der Waals surface area contributed by atoms with Crippen molar-refractivity contribution in [3.63, 3.8) is 0 Å². The van der Waals surface area contributed by atoms with Gasteiger partial charge in [0.05, 0.1) is 11.6 Å². The molecule has 0 aliphatic heterocycles. The van der Waals surface area contributed by atoms with Gasteiger partial charge in [0.15, 0.2) is 0 Å². The fraction of sp³-hybridized carbons (Fsp3) is 0.100. The number of halogens is 2. The maximum atomic E-state index is 13.6. The summed E-state index contributed by atoms with van der Waals surface area (Å²) in [5.74, 6) is -0.447. The molecule has 0 radical (unpaired) electrons. The molecule has 0 bridgehead atoms. The van der Waals surface area contributed by atoms with Crippen LogP contribution < -0.4 is 0 Å². The van der Waals surface area contributed by atoms with Crippen molar-refractivity contribution < 1.29 is 4.39 Å². The van der Waals surface area contributed by atoms with E-state index in [2.05, 4.69) is 15.0 Å². The molecule has 1 heterocycles. The van der Waals surface area contributed by atoms with Gasteiger partial charge in [0.1, 0.15) is 11.3 Å². The number of hydrogen-bond acceptors (Lipinski definition) is 2. The SMILES string of the molecule is [N-]=[N+]=NCc1cc(F)c2ncc(Cl)cc2c1. The first kappa shape index (κ1) is 10.7. The second-order valence-corrected chi connectivity index (χ2v) is 3.63. The van der Waals surface area contributed by atoms with Crippen LogP contribution >= 0.6 is 11.6 Å². The third kappa shape index (κ3) is 2.05. The van der Waals surface area contributed by atoms with Gasteiger partial charge < -0.3 is 0 Å². The lowest BCUT2D eigenvalue weighted by Crippen LogP contribution is -1.89. The average molecular weight is 237 g/mol. The van der Waals surface area contributed by atoms with Gasteiger partial charge in [0.2, 0.25) is 0 Å². The van der Waals surface area contributed by atoms with Crippen LogP contribution in [0.3, 0.4) is 0 Å². The topological polar surface area (TPSA) is 61.7 Å². The Morgan fingerprint density at radius 3 is 3.00 bits per heavy atom. The smallest absolute Gasteiger partial charge is 0.149 e. The van der Waals surface area contributed by atoms with Crippen LogP contribution in [0.25, 0.3) is 21.3 Å². The standard InChI is InChI=1S/C10H6ClFN4/c11-8-3-7-1-6(4-15-16-13)2-9(12)10(7)14-5-8/h1-3,5H,4H2. The van der Waals surface area contributed by atoms with Crippen molar-refractivity contribution in [3.8, 4) is 0 Å². The van der Waals surface area contributed by atoms with Crippen molar-refractivity contribution in [2.45, 2.75) is 6.54 Å². The Labute approximate surface area is 95.3 Å². The van der Waals surface area contributed by atoms with E-state index in [1.54, 1.807) is 12.1 Å². The summed E-state index contributed by atoms with van der Waals surface area (Å²) in [6.45, 7) is 0.107. The van der Waals surface area contributed by atoms with E-state index in [0.717, 1.165) is 0 Å². The normalized spacial score (nSPS) is 10.1. The number of benzene rings is 1. The van der Waals surface area contributed by atoms with E-state index in [-0.39, 0.29) is 12.1 Å². The minimum absolute atomic E-state index is 0.107. The number of aromatic nitrogens is 1. The maximum absolute atomic E-state index is 13.6. The number of rotatable bonds is 2. The lowest BCUT2D eigenvalue weighted by Gasteiger charge is -2.02. The molecule has 0 amide bonds. The molecule has 0 saturated heterocycles. The van der Waals surface area contributed by atoms with Crippen LogP contribution in [0.1, 0.15) is 5.56 Å². The Bertz CT molecular complexity index is 593. The molecule has 0 atom stereocenters. The quantitative estimate of drug-likeness (QED) is 0.444. The molecule has 4 nitrogen and oxygen atoms in total. The van der Waals surface area contributed by atoms with Crippen LogP contribution in [0.15, 0.2) is 29.5 Å². The monoisotopic (exact) mass is 236 g/mol. The first-order chi connectivity index (χ1) is 7.70. The second kappa shape index (κ2) is 4.35. The predicted octanol–water partition coefficient (Wildman–Crippen LogP) is 3.84. The van der Waals surface area contributed by atoms with Crippen LogP contribution in [0.2, 0.25) is 5.02 Å². The number of pyridine rings is 1. The maximum Gasteiger partial charge on any atom is 0.149 e. The van der Waals surface area contributed by atoms with E-state index < -0.39 is 5.82 Å². The molecule has 0 fully saturated rings. The number of fused-ring (bicyclic) bond motifs is 1. The fourth-order valence-corrected chi connectivity index (χ4v) is 1.61. The fourth-order valence-electron chi connectivity index (χ4n) is 1.44. The molecule has 0 aliphatic rings. The molecular weight excluding hydrogens is 231 g/mol. The van der Waals surface area contributed by atoms with Gasteiger partial charge in [-0.15, -0.1) is 0 Å². The molecule has 1 aromatic carbocycles. The molecule has 0 unspecified atom stereocenters. The average Bonchev–Trinajstić information content (AvgIpc) is 2.25. The van der Waals surface area contributed by atoms with Gasteiger partial charge in [-0.3, -0.25) is 4.98 Å². The third-order valence-electron chi connectivity index (χ3n) is 2.08. The Kier molecular flexibility index (Phi) is 2.90. The summed E-state index contributed by atoms with van der Waals surface area (Å²) in [5.41, 5.74) is 9.03. The van der Waals surface area contributed by atoms with E-state index in [9.17, 15) is 4.39 Å². The number of hydrogen-bond donors (Lipinski definition) is 0. The third-order valence-corrected chi connectivity index (χ3v) is 2.29. The Morgan fingerprint density at radius 1 is 1.44 bits per heavy atom. The lowest BCUT2D eigenvalue weighted by molar-refractivity contribution is 0.634. The van der Waals surface area contributed by atoms with Crippen molar-refractivity contribution in [2.24, 2.45) is 5.11 Å². The molecule has 2 rings (SSSR count). The first-order valence-corrected chi connectivity index (χ1v) is 4.83. The summed E-state index contributed by atoms with van der Waals surface area (Å²) in [4.78, 5) is 6.51. The van der Waals surface area contributed by atoms with Crippen molar-refractivity contribution in [1.82, 2.24) is 4.98 Å². The highest BCUT2D eigenvalue weighted by Gasteiger charge is 2.05. The van der Waals surface area contributed by atoms with Gasteiger partial charge in [-0.25, -0.2) is 4.39 Å². The van der Waals surface area contributed by atoms with Crippen molar-refractivity contribution >= 4 is 22.5 Å². The highest BCUT2D eigenvalue weighted by atomic mass is 35.5. The van der Waals surface area contributed by atoms with Gasteiger partial charge >= 0.3 is 0 Å². The molecular formula is C10H6ClFN4. The van der Waals surface area contributed by atoms with Crippen LogP contribution in [0.4, 0.5) is 4.39 Å². The molecule has 16 heavy (non-hydrogen) atoms. The van der Waals surface area contributed by atoms with Gasteiger partial charge in [0.25, 0.3) is 0 Å². The minimum Gasteiger partial charge on any atom is -0.252 e. The van der Waals surface area contributed by atoms with Crippen molar-refractivity contribution in [2.75, 3.05) is 0 Å². The van der Waals surface area contributed by atoms with Crippen LogP contribution in [-0.2, 0) is 6.54 Å². The summed E-state index contributed by atoms with van der Waals surface area (Å²) in [6.07, 6.45) is 1.39. The van der Waals surface area contributed by atoms with Crippen molar-refractivity contribution in [1.29, 1.82) is 0 Å². The summed E-state index contributed by atoms with van der Waals surface area (Å²) < 4.78 is 13.6. The summed E-state index contributed by atoms with van der Waals surface area (Å²) in [5, 5.41) is 4.40. The zero-order valence-electron chi connectivity index (χ0n) is 8.06. The largest absolute Gasteiger partial charge is 0.252 e. The molecule has 0 spiro atoms. The summed E-state index contributed by atoms with van der Waals surface area (Å²) in [7, 11) is 0. The van der Waals surface area contributed by atoms with Gasteiger partial charge in [-0.05, 0) is 29.3 Å². The molecule has 80 valence electrons. The molecule has 1 aromatic heterocycles. The van der Waals surface area contributed by atoms with Gasteiger partial charge in [-0.1, -0.05) is 16.7 Å². The Morgan fingerprint density at radius 2 is 2.25 bits per heavy atom. The van der Waals surface area contributed by atoms with Gasteiger partial charge in [-0.2, -0.15) is 0 Å². The zero-order valence-corrected chi connectivity index (χ0v) is 8.82. The van der Waals surface area contributed by atoms with E-state index in [1.807, 2.05) is 0 Å². The molecule has 6 heteroatoms. The first-order valence-electron chi connectivity index (χ1n) is 4.45. The summed E-state index contributed by atoms with van der Waals surface area (Å²) in [6, 6.07) is 4.62. The van der Waals surface area contributed by atoms with E-state index in [0.29, 0.717) is 16.0 Å². The molecule has 0 aliphatic carbocycles. The Hall–Kier alpha value is -1.84. The lowest BCUT2D eigenvalue weighted by atomic mass is 10.1. The number of azide groups is 1. The molecule has 0 N–H and O–H groups in total. The van der Waals surface area contributed by atoms with Crippen LogP contribution in [0, 0.1) is 5.82 Å². The predicted molar refractivity (Wildman–Crippen MR) is 59.6 cm³/mol. The van der Waals surface area contributed by atoms with Crippen LogP contribution in [-0.4, -0.2) is 4.98 Å².